The first-order valence-electron chi connectivity index (χ1n) is 8.68. The minimum absolute atomic E-state index is 0.0492. The lowest BCUT2D eigenvalue weighted by molar-refractivity contribution is 0.253. The third kappa shape index (κ3) is 4.66. The highest BCUT2D eigenvalue weighted by molar-refractivity contribution is 7.94. The molecule has 2 amide bonds. The van der Waals surface area contributed by atoms with Gasteiger partial charge in [0.2, 0.25) is 0 Å². The number of carbonyl (C=O) groups is 1. The van der Waals surface area contributed by atoms with Gasteiger partial charge in [0.25, 0.3) is 10.0 Å². The molecule has 1 N–H and O–H groups in total. The summed E-state index contributed by atoms with van der Waals surface area (Å²) in [6.07, 6.45) is 1.52. The Labute approximate surface area is 165 Å². The van der Waals surface area contributed by atoms with Crippen molar-refractivity contribution in [3.05, 3.63) is 101 Å². The molecule has 0 aliphatic rings. The number of para-hydroxylation sites is 2. The quantitative estimate of drug-likeness (QED) is 0.670. The van der Waals surface area contributed by atoms with Crippen LogP contribution in [0.2, 0.25) is 0 Å². The molecule has 0 heterocycles. The highest BCUT2D eigenvalue weighted by Crippen LogP contribution is 2.25. The molecule has 28 heavy (non-hydrogen) atoms. The number of hydrogen-bond acceptors (Lipinski definition) is 3. The molecule has 3 aromatic rings. The minimum Gasteiger partial charge on any atom is -0.262 e. The summed E-state index contributed by atoms with van der Waals surface area (Å²) in [5, 5.41) is 0. The highest BCUT2D eigenvalue weighted by atomic mass is 32.2. The molecule has 0 atom stereocenters. The van der Waals surface area contributed by atoms with Crippen molar-refractivity contribution in [2.75, 3.05) is 4.90 Å². The maximum Gasteiger partial charge on any atom is 0.340 e. The molecule has 6 heteroatoms. The third-order valence-electron chi connectivity index (χ3n) is 4.05. The normalized spacial score (nSPS) is 11.7. The average Bonchev–Trinajstić information content (AvgIpc) is 2.70. The molecular weight excluding hydrogens is 372 g/mol. The van der Waals surface area contributed by atoms with Crippen molar-refractivity contribution in [3.63, 3.8) is 0 Å². The fourth-order valence-corrected chi connectivity index (χ4v) is 3.41. The van der Waals surface area contributed by atoms with E-state index in [2.05, 4.69) is 4.72 Å². The van der Waals surface area contributed by atoms with Crippen molar-refractivity contribution in [3.8, 4) is 0 Å². The molecule has 0 unspecified atom stereocenters. The molecule has 5 nitrogen and oxygen atoms in total. The second-order valence-corrected chi connectivity index (χ2v) is 7.94. The molecule has 0 radical (unpaired) electrons. The highest BCUT2D eigenvalue weighted by Gasteiger charge is 2.24. The van der Waals surface area contributed by atoms with Gasteiger partial charge in [-0.3, -0.25) is 4.90 Å². The monoisotopic (exact) mass is 392 g/mol. The number of anilines is 2. The van der Waals surface area contributed by atoms with E-state index in [1.54, 1.807) is 60.7 Å². The number of sulfonamides is 1. The Bertz CT molecular complexity index is 1030. The topological polar surface area (TPSA) is 66.5 Å². The summed E-state index contributed by atoms with van der Waals surface area (Å²) in [5.74, 6) is 0. The number of carbonyl (C=O) groups excluding carboxylic acids is 1. The van der Waals surface area contributed by atoms with E-state index in [0.29, 0.717) is 11.4 Å². The summed E-state index contributed by atoms with van der Waals surface area (Å²) in [6.45, 7) is 1.46. The van der Waals surface area contributed by atoms with Crippen molar-refractivity contribution in [1.82, 2.24) is 4.72 Å². The van der Waals surface area contributed by atoms with E-state index < -0.39 is 16.1 Å². The summed E-state index contributed by atoms with van der Waals surface area (Å²) >= 11 is 0. The van der Waals surface area contributed by atoms with Crippen LogP contribution in [0.15, 0.2) is 95.9 Å². The lowest BCUT2D eigenvalue weighted by Gasteiger charge is -2.23. The average molecular weight is 392 g/mol. The van der Waals surface area contributed by atoms with Gasteiger partial charge in [-0.25, -0.2) is 17.9 Å². The number of rotatable bonds is 5. The van der Waals surface area contributed by atoms with Gasteiger partial charge < -0.3 is 0 Å². The van der Waals surface area contributed by atoms with E-state index in [1.165, 1.54) is 17.9 Å². The first-order chi connectivity index (χ1) is 13.5. The smallest absolute Gasteiger partial charge is 0.262 e. The number of nitrogens with one attached hydrogen (secondary N) is 1. The van der Waals surface area contributed by atoms with Crippen molar-refractivity contribution >= 4 is 33.5 Å². The molecular formula is C22H20N2O3S. The molecule has 0 bridgehead atoms. The van der Waals surface area contributed by atoms with E-state index >= 15 is 0 Å². The second kappa shape index (κ2) is 8.54. The Morgan fingerprint density at radius 1 is 0.786 bits per heavy atom. The number of nitrogens with zero attached hydrogens (tertiary/aromatic N) is 1. The van der Waals surface area contributed by atoms with Gasteiger partial charge in [-0.05, 0) is 42.8 Å². The molecule has 0 aliphatic carbocycles. The van der Waals surface area contributed by atoms with Gasteiger partial charge in [0.15, 0.2) is 0 Å². The van der Waals surface area contributed by atoms with Gasteiger partial charge in [0.05, 0.1) is 16.3 Å². The molecule has 0 aromatic heterocycles. The summed E-state index contributed by atoms with van der Waals surface area (Å²) in [6, 6.07) is 26.1. The molecule has 0 aliphatic heterocycles. The fraction of sp³-hybridized carbons (Fsp3) is 0.0455. The Hall–Kier alpha value is -3.38. The van der Waals surface area contributed by atoms with Gasteiger partial charge >= 0.3 is 6.03 Å². The number of amides is 2. The molecule has 0 spiro atoms. The number of benzene rings is 3. The molecule has 0 saturated heterocycles. The maximum absolute atomic E-state index is 12.9. The summed E-state index contributed by atoms with van der Waals surface area (Å²) < 4.78 is 27.5. The SMILES string of the molecule is C/C(=C\c1ccccc1)S(=O)(=O)NC(=O)N(c1ccccc1)c1ccccc1. The van der Waals surface area contributed by atoms with E-state index in [1.807, 2.05) is 30.3 Å². The predicted octanol–water partition coefficient (Wildman–Crippen LogP) is 4.93. The molecule has 3 aromatic carbocycles. The standard InChI is InChI=1S/C22H20N2O3S/c1-18(17-19-11-5-2-6-12-19)28(26,27)23-22(25)24(20-13-7-3-8-14-20)21-15-9-4-10-16-21/h2-17H,1H3,(H,23,25)/b18-17+. The largest absolute Gasteiger partial charge is 0.340 e. The van der Waals surface area contributed by atoms with Gasteiger partial charge in [-0.1, -0.05) is 66.7 Å². The lowest BCUT2D eigenvalue weighted by atomic mass is 10.2. The second-order valence-electron chi connectivity index (χ2n) is 6.08. The van der Waals surface area contributed by atoms with Crippen LogP contribution in [-0.4, -0.2) is 14.4 Å². The molecule has 3 rings (SSSR count). The summed E-state index contributed by atoms with van der Waals surface area (Å²) in [5.41, 5.74) is 1.86. The summed E-state index contributed by atoms with van der Waals surface area (Å²) in [4.78, 5) is 14.3. The van der Waals surface area contributed by atoms with E-state index in [-0.39, 0.29) is 4.91 Å². The zero-order valence-corrected chi connectivity index (χ0v) is 16.1. The van der Waals surface area contributed by atoms with Gasteiger partial charge in [-0.15, -0.1) is 0 Å². The third-order valence-corrected chi connectivity index (χ3v) is 5.46. The van der Waals surface area contributed by atoms with Crippen molar-refractivity contribution in [2.45, 2.75) is 6.92 Å². The molecule has 0 saturated carbocycles. The first-order valence-corrected chi connectivity index (χ1v) is 10.2. The van der Waals surface area contributed by atoms with Crippen LogP contribution in [0, 0.1) is 0 Å². The van der Waals surface area contributed by atoms with Crippen LogP contribution in [0.3, 0.4) is 0 Å². The van der Waals surface area contributed by atoms with E-state index in [4.69, 9.17) is 0 Å². The number of hydrogen-bond donors (Lipinski definition) is 1. The van der Waals surface area contributed by atoms with Crippen LogP contribution < -0.4 is 9.62 Å². The number of urea groups is 1. The van der Waals surface area contributed by atoms with Crippen LogP contribution in [-0.2, 0) is 10.0 Å². The predicted molar refractivity (Wildman–Crippen MR) is 113 cm³/mol. The zero-order chi connectivity index (χ0) is 20.0. The van der Waals surface area contributed by atoms with Crippen LogP contribution in [0.5, 0.6) is 0 Å². The lowest BCUT2D eigenvalue weighted by Crippen LogP contribution is -2.40. The molecule has 0 fully saturated rings. The van der Waals surface area contributed by atoms with Gasteiger partial charge in [-0.2, -0.15) is 0 Å². The van der Waals surface area contributed by atoms with Gasteiger partial charge in [0.1, 0.15) is 0 Å². The van der Waals surface area contributed by atoms with E-state index in [9.17, 15) is 13.2 Å². The first kappa shape index (κ1) is 19.4. The minimum atomic E-state index is -4.00. The zero-order valence-electron chi connectivity index (χ0n) is 15.3. The Balaban J connectivity index is 1.90. The Morgan fingerprint density at radius 2 is 1.21 bits per heavy atom. The number of allylic oxidation sites excluding steroid dienone is 1. The van der Waals surface area contributed by atoms with Crippen molar-refractivity contribution in [1.29, 1.82) is 0 Å². The molecule has 142 valence electrons. The van der Waals surface area contributed by atoms with E-state index in [0.717, 1.165) is 5.56 Å². The van der Waals surface area contributed by atoms with Crippen LogP contribution in [0.25, 0.3) is 6.08 Å². The van der Waals surface area contributed by atoms with Gasteiger partial charge in [0, 0.05) is 0 Å². The van der Waals surface area contributed by atoms with Crippen LogP contribution >= 0.6 is 0 Å². The maximum atomic E-state index is 12.9. The van der Waals surface area contributed by atoms with Crippen molar-refractivity contribution < 1.29 is 13.2 Å². The summed E-state index contributed by atoms with van der Waals surface area (Å²) in [7, 11) is -4.00. The Morgan fingerprint density at radius 3 is 1.68 bits per heavy atom. The van der Waals surface area contributed by atoms with Crippen LogP contribution in [0.1, 0.15) is 12.5 Å². The van der Waals surface area contributed by atoms with Crippen LogP contribution in [0.4, 0.5) is 16.2 Å². The van der Waals surface area contributed by atoms with Crippen molar-refractivity contribution in [2.24, 2.45) is 0 Å². The fourth-order valence-electron chi connectivity index (χ4n) is 2.64. The Kier molecular flexibility index (Phi) is 5.91.